The minimum Gasteiger partial charge on any atom is -0.383 e. The first-order chi connectivity index (χ1) is 9.65. The summed E-state index contributed by atoms with van der Waals surface area (Å²) in [5.74, 6) is -1.75. The number of hydrogen-bond donors (Lipinski definition) is 2. The smallest absolute Gasteiger partial charge is 0.309 e. The van der Waals surface area contributed by atoms with Crippen molar-refractivity contribution in [3.8, 4) is 0 Å². The molecule has 1 spiro atoms. The van der Waals surface area contributed by atoms with E-state index in [4.69, 9.17) is 14.2 Å². The lowest BCUT2D eigenvalue weighted by molar-refractivity contribution is -0.161. The second kappa shape index (κ2) is 7.01. The number of hydrogen-bond acceptors (Lipinski definition) is 5. The van der Waals surface area contributed by atoms with Gasteiger partial charge >= 0.3 is 11.8 Å². The Morgan fingerprint density at radius 2 is 1.95 bits per heavy atom. The zero-order valence-electron chi connectivity index (χ0n) is 11.8. The second-order valence-electron chi connectivity index (χ2n) is 5.13. The molecule has 1 saturated heterocycles. The molecule has 7 heteroatoms. The second-order valence-corrected chi connectivity index (χ2v) is 5.13. The van der Waals surface area contributed by atoms with Gasteiger partial charge in [-0.15, -0.1) is 0 Å². The van der Waals surface area contributed by atoms with E-state index in [1.54, 1.807) is 0 Å². The molecule has 1 aliphatic carbocycles. The molecular weight excluding hydrogens is 264 g/mol. The third-order valence-corrected chi connectivity index (χ3v) is 3.57. The molecule has 2 fully saturated rings. The Kier molecular flexibility index (Phi) is 5.33. The minimum absolute atomic E-state index is 0.177. The van der Waals surface area contributed by atoms with Crippen molar-refractivity contribution in [2.45, 2.75) is 37.6 Å². The van der Waals surface area contributed by atoms with Gasteiger partial charge in [0.1, 0.15) is 6.10 Å². The van der Waals surface area contributed by atoms with Crippen molar-refractivity contribution in [3.63, 3.8) is 0 Å². The SMILES string of the molecule is COCCNC(=O)C(=O)NCC1COC2(CCCC2)O1. The Hall–Kier alpha value is -1.18. The summed E-state index contributed by atoms with van der Waals surface area (Å²) in [5, 5.41) is 5.02. The fourth-order valence-corrected chi connectivity index (χ4v) is 2.53. The van der Waals surface area contributed by atoms with Crippen molar-refractivity contribution in [1.82, 2.24) is 10.6 Å². The summed E-state index contributed by atoms with van der Waals surface area (Å²) >= 11 is 0. The maximum atomic E-state index is 11.5. The first-order valence-corrected chi connectivity index (χ1v) is 7.02. The molecule has 0 bridgehead atoms. The Bertz CT molecular complexity index is 355. The lowest BCUT2D eigenvalue weighted by atomic mass is 10.2. The van der Waals surface area contributed by atoms with Crippen LogP contribution in [0.15, 0.2) is 0 Å². The molecule has 1 saturated carbocycles. The Balaban J connectivity index is 1.65. The summed E-state index contributed by atoms with van der Waals surface area (Å²) in [6.45, 7) is 1.44. The highest BCUT2D eigenvalue weighted by molar-refractivity contribution is 6.35. The fourth-order valence-electron chi connectivity index (χ4n) is 2.53. The molecule has 20 heavy (non-hydrogen) atoms. The van der Waals surface area contributed by atoms with Crippen LogP contribution in [0, 0.1) is 0 Å². The van der Waals surface area contributed by atoms with E-state index in [-0.39, 0.29) is 12.6 Å². The molecule has 2 amide bonds. The van der Waals surface area contributed by atoms with Gasteiger partial charge in [-0.2, -0.15) is 0 Å². The summed E-state index contributed by atoms with van der Waals surface area (Å²) < 4.78 is 16.3. The van der Waals surface area contributed by atoms with Gasteiger partial charge in [-0.1, -0.05) is 0 Å². The number of carbonyl (C=O) groups is 2. The first-order valence-electron chi connectivity index (χ1n) is 7.02. The van der Waals surface area contributed by atoms with E-state index in [9.17, 15) is 9.59 Å². The molecular formula is C13H22N2O5. The molecule has 2 aliphatic rings. The van der Waals surface area contributed by atoms with E-state index >= 15 is 0 Å². The number of nitrogens with one attached hydrogen (secondary N) is 2. The maximum Gasteiger partial charge on any atom is 0.309 e. The Labute approximate surface area is 118 Å². The number of rotatable bonds is 5. The van der Waals surface area contributed by atoms with Crippen molar-refractivity contribution in [2.75, 3.05) is 33.4 Å². The predicted octanol–water partition coefficient (Wildman–Crippen LogP) is -0.449. The molecule has 1 unspecified atom stereocenters. The van der Waals surface area contributed by atoms with Crippen LogP contribution in [0.2, 0.25) is 0 Å². The van der Waals surface area contributed by atoms with Crippen LogP contribution in [0.1, 0.15) is 25.7 Å². The van der Waals surface area contributed by atoms with Crippen LogP contribution >= 0.6 is 0 Å². The molecule has 0 aromatic heterocycles. The zero-order chi connectivity index (χ0) is 14.4. The summed E-state index contributed by atoms with van der Waals surface area (Å²) in [4.78, 5) is 23.0. The molecule has 1 atom stereocenters. The average molecular weight is 286 g/mol. The van der Waals surface area contributed by atoms with Crippen LogP contribution in [0.4, 0.5) is 0 Å². The summed E-state index contributed by atoms with van der Waals surface area (Å²) in [7, 11) is 1.53. The molecule has 2 N–H and O–H groups in total. The maximum absolute atomic E-state index is 11.5. The van der Waals surface area contributed by atoms with E-state index < -0.39 is 17.6 Å². The standard InChI is InChI=1S/C13H22N2O5/c1-18-7-6-14-11(16)12(17)15-8-10-9-19-13(20-10)4-2-3-5-13/h10H,2-9H2,1H3,(H,14,16)(H,15,17). The number of amides is 2. The van der Waals surface area contributed by atoms with Crippen molar-refractivity contribution < 1.29 is 23.8 Å². The lowest BCUT2D eigenvalue weighted by Gasteiger charge is -2.21. The van der Waals surface area contributed by atoms with E-state index in [0.717, 1.165) is 25.7 Å². The van der Waals surface area contributed by atoms with Gasteiger partial charge in [-0.05, 0) is 12.8 Å². The zero-order valence-corrected chi connectivity index (χ0v) is 11.8. The number of methoxy groups -OCH3 is 1. The number of ether oxygens (including phenoxy) is 3. The third kappa shape index (κ3) is 3.91. The average Bonchev–Trinajstić information content (AvgIpc) is 3.07. The lowest BCUT2D eigenvalue weighted by Crippen LogP contribution is -2.44. The van der Waals surface area contributed by atoms with Crippen molar-refractivity contribution in [1.29, 1.82) is 0 Å². The van der Waals surface area contributed by atoms with Gasteiger partial charge in [0.15, 0.2) is 5.79 Å². The molecule has 114 valence electrons. The van der Waals surface area contributed by atoms with Gasteiger partial charge < -0.3 is 24.8 Å². The summed E-state index contributed by atoms with van der Waals surface area (Å²) in [5.41, 5.74) is 0. The van der Waals surface area contributed by atoms with Crippen LogP contribution in [0.3, 0.4) is 0 Å². The molecule has 0 aromatic rings. The minimum atomic E-state index is -0.656. The van der Waals surface area contributed by atoms with Gasteiger partial charge in [0.2, 0.25) is 0 Å². The first kappa shape index (κ1) is 15.2. The highest BCUT2D eigenvalue weighted by Gasteiger charge is 2.43. The van der Waals surface area contributed by atoms with Crippen LogP contribution in [-0.4, -0.2) is 57.1 Å². The summed E-state index contributed by atoms with van der Waals surface area (Å²) in [6, 6.07) is 0. The topological polar surface area (TPSA) is 85.9 Å². The van der Waals surface area contributed by atoms with Gasteiger partial charge in [-0.25, -0.2) is 0 Å². The van der Waals surface area contributed by atoms with E-state index in [1.165, 1.54) is 7.11 Å². The molecule has 7 nitrogen and oxygen atoms in total. The fraction of sp³-hybridized carbons (Fsp3) is 0.846. The van der Waals surface area contributed by atoms with Crippen LogP contribution in [0.5, 0.6) is 0 Å². The van der Waals surface area contributed by atoms with E-state index in [2.05, 4.69) is 10.6 Å². The molecule has 1 heterocycles. The molecule has 0 radical (unpaired) electrons. The monoisotopic (exact) mass is 286 g/mol. The number of carbonyl (C=O) groups excluding carboxylic acids is 2. The van der Waals surface area contributed by atoms with Gasteiger partial charge in [-0.3, -0.25) is 9.59 Å². The van der Waals surface area contributed by atoms with Crippen LogP contribution in [0.25, 0.3) is 0 Å². The van der Waals surface area contributed by atoms with Gasteiger partial charge in [0.05, 0.1) is 13.2 Å². The molecule has 0 aromatic carbocycles. The largest absolute Gasteiger partial charge is 0.383 e. The van der Waals surface area contributed by atoms with Crippen LogP contribution < -0.4 is 10.6 Å². The van der Waals surface area contributed by atoms with Gasteiger partial charge in [0.25, 0.3) is 0 Å². The van der Waals surface area contributed by atoms with Crippen LogP contribution in [-0.2, 0) is 23.8 Å². The highest BCUT2D eigenvalue weighted by atomic mass is 16.7. The van der Waals surface area contributed by atoms with E-state index in [0.29, 0.717) is 19.8 Å². The molecule has 1 aliphatic heterocycles. The Morgan fingerprint density at radius 3 is 2.65 bits per heavy atom. The third-order valence-electron chi connectivity index (χ3n) is 3.57. The van der Waals surface area contributed by atoms with E-state index in [1.807, 2.05) is 0 Å². The normalized spacial score (nSPS) is 23.9. The molecule has 2 rings (SSSR count). The quantitative estimate of drug-likeness (QED) is 0.528. The van der Waals surface area contributed by atoms with Crippen molar-refractivity contribution in [3.05, 3.63) is 0 Å². The van der Waals surface area contributed by atoms with Crippen molar-refractivity contribution >= 4 is 11.8 Å². The summed E-state index contributed by atoms with van der Waals surface area (Å²) in [6.07, 6.45) is 3.87. The van der Waals surface area contributed by atoms with Gasteiger partial charge in [0, 0.05) is 33.0 Å². The Morgan fingerprint density at radius 1 is 1.25 bits per heavy atom. The van der Waals surface area contributed by atoms with Crippen molar-refractivity contribution in [2.24, 2.45) is 0 Å². The predicted molar refractivity (Wildman–Crippen MR) is 69.9 cm³/mol. The highest BCUT2D eigenvalue weighted by Crippen LogP contribution is 2.38.